The fourth-order valence-electron chi connectivity index (χ4n) is 3.54. The van der Waals surface area contributed by atoms with Gasteiger partial charge in [0.1, 0.15) is 0 Å². The molecule has 1 saturated heterocycles. The summed E-state index contributed by atoms with van der Waals surface area (Å²) in [5, 5.41) is 3.33. The number of likely N-dealkylation sites (tertiary alicyclic amines) is 1. The average molecular weight is 291 g/mol. The number of amides is 1. The minimum absolute atomic E-state index is 0.115. The third-order valence-corrected chi connectivity index (χ3v) is 4.83. The Labute approximate surface area is 125 Å². The number of aromatic nitrogens is 2. The molecule has 6 nitrogen and oxygen atoms in total. The van der Waals surface area contributed by atoms with Crippen LogP contribution in [0.2, 0.25) is 0 Å². The molecule has 2 aliphatic heterocycles. The van der Waals surface area contributed by atoms with Crippen LogP contribution in [0.25, 0.3) is 0 Å². The number of nitrogens with one attached hydrogen (secondary N) is 2. The second kappa shape index (κ2) is 6.15. The van der Waals surface area contributed by atoms with Gasteiger partial charge in [0.15, 0.2) is 0 Å². The molecule has 0 radical (unpaired) electrons. The van der Waals surface area contributed by atoms with E-state index in [1.165, 1.54) is 0 Å². The predicted octanol–water partition coefficient (Wildman–Crippen LogP) is 0.367. The molecule has 3 heterocycles. The molecular weight excluding hydrogens is 266 g/mol. The van der Waals surface area contributed by atoms with Gasteiger partial charge >= 0.3 is 0 Å². The van der Waals surface area contributed by atoms with Gasteiger partial charge in [0, 0.05) is 32.1 Å². The van der Waals surface area contributed by atoms with Gasteiger partial charge in [0.05, 0.1) is 23.8 Å². The van der Waals surface area contributed by atoms with Crippen molar-refractivity contribution in [1.82, 2.24) is 25.1 Å². The SMILES string of the molecule is CCN(CC)C1CCN(C(=O)C2Cc3nc[nH]c3CN2)C1. The molecule has 2 aliphatic rings. The number of fused-ring (bicyclic) bond motifs is 1. The Bertz CT molecular complexity index is 496. The number of H-pyrrole nitrogens is 1. The number of imidazole rings is 1. The molecule has 1 fully saturated rings. The molecule has 0 saturated carbocycles. The quantitative estimate of drug-likeness (QED) is 0.841. The van der Waals surface area contributed by atoms with Gasteiger partial charge in [-0.2, -0.15) is 0 Å². The fourth-order valence-corrected chi connectivity index (χ4v) is 3.54. The van der Waals surface area contributed by atoms with E-state index in [4.69, 9.17) is 0 Å². The summed E-state index contributed by atoms with van der Waals surface area (Å²) in [5.41, 5.74) is 2.15. The summed E-state index contributed by atoms with van der Waals surface area (Å²) in [6.45, 7) is 8.95. The largest absolute Gasteiger partial charge is 0.347 e. The third-order valence-electron chi connectivity index (χ3n) is 4.83. The van der Waals surface area contributed by atoms with Crippen LogP contribution in [0.1, 0.15) is 31.7 Å². The number of rotatable bonds is 4. The van der Waals surface area contributed by atoms with E-state index >= 15 is 0 Å². The molecule has 2 N–H and O–H groups in total. The van der Waals surface area contributed by atoms with Gasteiger partial charge < -0.3 is 9.88 Å². The Morgan fingerprint density at radius 1 is 1.48 bits per heavy atom. The number of aromatic amines is 1. The van der Waals surface area contributed by atoms with Crippen LogP contribution in [-0.4, -0.2) is 63.9 Å². The van der Waals surface area contributed by atoms with Gasteiger partial charge in [-0.1, -0.05) is 13.8 Å². The van der Waals surface area contributed by atoms with Gasteiger partial charge in [-0.05, 0) is 19.5 Å². The van der Waals surface area contributed by atoms with Crippen LogP contribution in [0.15, 0.2) is 6.33 Å². The summed E-state index contributed by atoms with van der Waals surface area (Å²) < 4.78 is 0. The van der Waals surface area contributed by atoms with Crippen molar-refractivity contribution in [2.45, 2.75) is 45.3 Å². The van der Waals surface area contributed by atoms with Crippen molar-refractivity contribution in [2.24, 2.45) is 0 Å². The zero-order valence-electron chi connectivity index (χ0n) is 12.9. The summed E-state index contributed by atoms with van der Waals surface area (Å²) >= 11 is 0. The smallest absolute Gasteiger partial charge is 0.240 e. The second-order valence-corrected chi connectivity index (χ2v) is 5.91. The first-order valence-corrected chi connectivity index (χ1v) is 8.00. The highest BCUT2D eigenvalue weighted by atomic mass is 16.2. The maximum atomic E-state index is 12.7. The molecule has 0 bridgehead atoms. The molecule has 1 aromatic heterocycles. The summed E-state index contributed by atoms with van der Waals surface area (Å²) in [7, 11) is 0. The van der Waals surface area contributed by atoms with Crippen molar-refractivity contribution >= 4 is 5.91 Å². The number of hydrogen-bond donors (Lipinski definition) is 2. The Hall–Kier alpha value is -1.40. The summed E-state index contributed by atoms with van der Waals surface area (Å²) in [6, 6.07) is 0.407. The van der Waals surface area contributed by atoms with Gasteiger partial charge in [-0.25, -0.2) is 4.98 Å². The van der Waals surface area contributed by atoms with E-state index in [-0.39, 0.29) is 11.9 Å². The molecule has 0 spiro atoms. The van der Waals surface area contributed by atoms with Crippen molar-refractivity contribution in [3.05, 3.63) is 17.7 Å². The van der Waals surface area contributed by atoms with Crippen LogP contribution in [0.5, 0.6) is 0 Å². The van der Waals surface area contributed by atoms with Gasteiger partial charge in [0.25, 0.3) is 0 Å². The number of hydrogen-bond acceptors (Lipinski definition) is 4. The van der Waals surface area contributed by atoms with E-state index < -0.39 is 0 Å². The molecule has 6 heteroatoms. The molecule has 2 unspecified atom stereocenters. The Balaban J connectivity index is 1.60. The molecule has 0 aromatic carbocycles. The van der Waals surface area contributed by atoms with Gasteiger partial charge in [0.2, 0.25) is 5.91 Å². The maximum Gasteiger partial charge on any atom is 0.240 e. The van der Waals surface area contributed by atoms with Crippen LogP contribution in [0, 0.1) is 0 Å². The second-order valence-electron chi connectivity index (χ2n) is 5.91. The fraction of sp³-hybridized carbons (Fsp3) is 0.733. The minimum atomic E-state index is -0.115. The van der Waals surface area contributed by atoms with E-state index in [0.717, 1.165) is 44.0 Å². The van der Waals surface area contributed by atoms with E-state index in [9.17, 15) is 4.79 Å². The lowest BCUT2D eigenvalue weighted by Gasteiger charge is -2.29. The van der Waals surface area contributed by atoms with Crippen molar-refractivity contribution in [2.75, 3.05) is 26.2 Å². The average Bonchev–Trinajstić information content (AvgIpc) is 3.16. The number of nitrogens with zero attached hydrogens (tertiary/aromatic N) is 3. The van der Waals surface area contributed by atoms with Crippen molar-refractivity contribution < 1.29 is 4.79 Å². The first-order chi connectivity index (χ1) is 10.2. The lowest BCUT2D eigenvalue weighted by Crippen LogP contribution is -2.49. The molecule has 2 atom stereocenters. The third kappa shape index (κ3) is 2.82. The topological polar surface area (TPSA) is 64.3 Å². The zero-order valence-corrected chi connectivity index (χ0v) is 12.9. The monoisotopic (exact) mass is 291 g/mol. The molecule has 3 rings (SSSR count). The Morgan fingerprint density at radius 2 is 2.29 bits per heavy atom. The lowest BCUT2D eigenvalue weighted by atomic mass is 10.0. The van der Waals surface area contributed by atoms with Crippen molar-refractivity contribution in [3.8, 4) is 0 Å². The normalized spacial score (nSPS) is 25.4. The van der Waals surface area contributed by atoms with Crippen LogP contribution < -0.4 is 5.32 Å². The summed E-state index contributed by atoms with van der Waals surface area (Å²) in [6.07, 6.45) is 3.50. The standard InChI is InChI=1S/C15H25N5O/c1-3-19(4-2)11-5-6-20(9-11)15(21)13-7-12-14(8-16-13)18-10-17-12/h10-11,13,16H,3-9H2,1-2H3,(H,17,18). The molecule has 21 heavy (non-hydrogen) atoms. The molecular formula is C15H25N5O. The highest BCUT2D eigenvalue weighted by molar-refractivity contribution is 5.82. The first kappa shape index (κ1) is 14.5. The minimum Gasteiger partial charge on any atom is -0.347 e. The van der Waals surface area contributed by atoms with E-state index in [1.807, 2.05) is 4.90 Å². The lowest BCUT2D eigenvalue weighted by molar-refractivity contribution is -0.132. The number of likely N-dealkylation sites (N-methyl/N-ethyl adjacent to an activating group) is 1. The van der Waals surface area contributed by atoms with Gasteiger partial charge in [-0.15, -0.1) is 0 Å². The van der Waals surface area contributed by atoms with Crippen LogP contribution in [0.4, 0.5) is 0 Å². The van der Waals surface area contributed by atoms with Crippen molar-refractivity contribution in [1.29, 1.82) is 0 Å². The molecule has 1 amide bonds. The predicted molar refractivity (Wildman–Crippen MR) is 80.8 cm³/mol. The Kier molecular flexibility index (Phi) is 4.26. The highest BCUT2D eigenvalue weighted by Crippen LogP contribution is 2.19. The Morgan fingerprint density at radius 3 is 3.05 bits per heavy atom. The van der Waals surface area contributed by atoms with Crippen LogP contribution in [0.3, 0.4) is 0 Å². The van der Waals surface area contributed by atoms with E-state index in [2.05, 4.69) is 34.0 Å². The first-order valence-electron chi connectivity index (χ1n) is 8.00. The molecule has 0 aliphatic carbocycles. The molecule has 1 aromatic rings. The summed E-state index contributed by atoms with van der Waals surface area (Å²) in [4.78, 5) is 24.6. The van der Waals surface area contributed by atoms with Crippen molar-refractivity contribution in [3.63, 3.8) is 0 Å². The van der Waals surface area contributed by atoms with E-state index in [1.54, 1.807) is 6.33 Å². The number of carbonyl (C=O) groups excluding carboxylic acids is 1. The van der Waals surface area contributed by atoms with Crippen LogP contribution >= 0.6 is 0 Å². The molecule has 116 valence electrons. The van der Waals surface area contributed by atoms with Crippen LogP contribution in [-0.2, 0) is 17.8 Å². The highest BCUT2D eigenvalue weighted by Gasteiger charge is 2.34. The summed E-state index contributed by atoms with van der Waals surface area (Å²) in [5.74, 6) is 0.235. The number of carbonyl (C=O) groups is 1. The maximum absolute atomic E-state index is 12.7. The van der Waals surface area contributed by atoms with Gasteiger partial charge in [-0.3, -0.25) is 15.0 Å². The zero-order chi connectivity index (χ0) is 14.8. The van der Waals surface area contributed by atoms with E-state index in [0.29, 0.717) is 19.0 Å².